The molecular formula is C18H36B2GeO. The molecule has 22 heavy (non-hydrogen) atoms. The summed E-state index contributed by atoms with van der Waals surface area (Å²) in [5, 5.41) is 0. The van der Waals surface area contributed by atoms with Crippen LogP contribution in [0.15, 0.2) is 9.88 Å². The van der Waals surface area contributed by atoms with Crippen molar-refractivity contribution < 1.29 is 4.57 Å². The van der Waals surface area contributed by atoms with E-state index in [0.717, 1.165) is 18.0 Å². The number of rotatable bonds is 6. The van der Waals surface area contributed by atoms with Gasteiger partial charge >= 0.3 is 142 Å². The summed E-state index contributed by atoms with van der Waals surface area (Å²) in [5.74, 6) is 9.28. The molecule has 2 saturated heterocycles. The van der Waals surface area contributed by atoms with Crippen LogP contribution >= 0.6 is 0 Å². The molecule has 0 aromatic carbocycles. The molecule has 0 aromatic heterocycles. The zero-order chi connectivity index (χ0) is 16.3. The standard InChI is InChI=1S/C18H36B2GeO/c1-7-18(15(3)21(4,5)6)19(8-2)22-20-16-11-9-12-17(20)14-10-13-16/h16-17H,7-14H2,1-6H3/b18-15+. The molecule has 0 aliphatic carbocycles. The van der Waals surface area contributed by atoms with Crippen LogP contribution in [0.1, 0.15) is 65.7 Å². The fourth-order valence-electron chi connectivity index (χ4n) is 4.67. The van der Waals surface area contributed by atoms with Crippen molar-refractivity contribution in [3.63, 3.8) is 0 Å². The van der Waals surface area contributed by atoms with Gasteiger partial charge in [0.2, 0.25) is 0 Å². The van der Waals surface area contributed by atoms with Crippen molar-refractivity contribution in [1.82, 2.24) is 0 Å². The van der Waals surface area contributed by atoms with Gasteiger partial charge in [0.25, 0.3) is 0 Å². The molecule has 0 spiro atoms. The van der Waals surface area contributed by atoms with Gasteiger partial charge in [-0.3, -0.25) is 0 Å². The summed E-state index contributed by atoms with van der Waals surface area (Å²) in [7, 11) is 0. The Morgan fingerprint density at radius 3 is 1.91 bits per heavy atom. The van der Waals surface area contributed by atoms with Crippen LogP contribution in [0.5, 0.6) is 0 Å². The average Bonchev–Trinajstić information content (AvgIpc) is 2.45. The maximum atomic E-state index is 6.85. The summed E-state index contributed by atoms with van der Waals surface area (Å²) in [6.45, 7) is 8.02. The molecule has 2 aliphatic heterocycles. The van der Waals surface area contributed by atoms with E-state index in [-0.39, 0.29) is 0 Å². The molecule has 0 amide bonds. The average molecular weight is 363 g/mol. The molecule has 0 radical (unpaired) electrons. The Morgan fingerprint density at radius 2 is 1.55 bits per heavy atom. The van der Waals surface area contributed by atoms with Gasteiger partial charge in [-0.15, -0.1) is 0 Å². The van der Waals surface area contributed by atoms with E-state index in [1.807, 2.05) is 0 Å². The molecule has 0 atom stereocenters. The summed E-state index contributed by atoms with van der Waals surface area (Å²) >= 11 is -1.73. The van der Waals surface area contributed by atoms with Crippen LogP contribution in [0.2, 0.25) is 35.2 Å². The Kier molecular flexibility index (Phi) is 6.77. The first-order chi connectivity index (χ1) is 10.4. The Hall–Kier alpha value is 0.373. The molecule has 0 saturated carbocycles. The summed E-state index contributed by atoms with van der Waals surface area (Å²) in [6.07, 6.45) is 10.9. The molecule has 2 heterocycles. The van der Waals surface area contributed by atoms with Gasteiger partial charge in [-0.1, -0.05) is 0 Å². The number of fused-ring (bicyclic) bond motifs is 2. The van der Waals surface area contributed by atoms with Crippen LogP contribution in [0, 0.1) is 0 Å². The van der Waals surface area contributed by atoms with E-state index >= 15 is 0 Å². The number of hydrogen-bond donors (Lipinski definition) is 0. The van der Waals surface area contributed by atoms with E-state index < -0.39 is 13.3 Å². The second kappa shape index (κ2) is 7.96. The summed E-state index contributed by atoms with van der Waals surface area (Å²) in [5.41, 5.74) is 1.65. The zero-order valence-corrected chi connectivity index (χ0v) is 18.0. The van der Waals surface area contributed by atoms with Crippen molar-refractivity contribution in [2.24, 2.45) is 0 Å². The minimum atomic E-state index is -1.73. The fourth-order valence-corrected chi connectivity index (χ4v) is 7.40. The molecule has 2 bridgehead atoms. The summed E-state index contributed by atoms with van der Waals surface area (Å²) in [6, 6.07) is 0. The first-order valence-corrected chi connectivity index (χ1v) is 17.1. The quantitative estimate of drug-likeness (QED) is 0.507. The van der Waals surface area contributed by atoms with Gasteiger partial charge in [-0.2, -0.15) is 0 Å². The van der Waals surface area contributed by atoms with E-state index in [1.54, 1.807) is 9.88 Å². The van der Waals surface area contributed by atoms with Gasteiger partial charge in [-0.25, -0.2) is 0 Å². The third-order valence-electron chi connectivity index (χ3n) is 6.30. The van der Waals surface area contributed by atoms with Crippen molar-refractivity contribution in [1.29, 1.82) is 0 Å². The first-order valence-electron chi connectivity index (χ1n) is 9.74. The number of allylic oxidation sites excluding steroid dienone is 2. The van der Waals surface area contributed by atoms with Gasteiger partial charge in [-0.05, 0) is 0 Å². The molecule has 2 aliphatic rings. The zero-order valence-electron chi connectivity index (χ0n) is 15.9. The second-order valence-electron chi connectivity index (χ2n) is 8.63. The van der Waals surface area contributed by atoms with Gasteiger partial charge in [0.15, 0.2) is 0 Å². The van der Waals surface area contributed by atoms with E-state index in [1.165, 1.54) is 44.9 Å². The van der Waals surface area contributed by atoms with Crippen LogP contribution in [0.4, 0.5) is 0 Å². The van der Waals surface area contributed by atoms with Crippen LogP contribution in [0.25, 0.3) is 0 Å². The molecule has 0 unspecified atom stereocenters. The SMILES string of the molecule is CCB(OB1C2CCCC1CCC2)/C(CC)=[C](\C)[Ge]([CH3])([CH3])[CH3]. The molecule has 0 N–H and O–H groups in total. The van der Waals surface area contributed by atoms with Gasteiger partial charge in [0.05, 0.1) is 0 Å². The predicted octanol–water partition coefficient (Wildman–Crippen LogP) is 6.26. The Bertz CT molecular complexity index is 380. The van der Waals surface area contributed by atoms with Gasteiger partial charge in [0, 0.05) is 0 Å². The fraction of sp³-hybridized carbons (Fsp3) is 0.889. The minimum absolute atomic E-state index is 0.390. The third-order valence-corrected chi connectivity index (χ3v) is 11.7. The molecule has 1 nitrogen and oxygen atoms in total. The van der Waals surface area contributed by atoms with Crippen LogP contribution in [-0.2, 0) is 4.57 Å². The summed E-state index contributed by atoms with van der Waals surface area (Å²) < 4.78 is 8.58. The molecule has 124 valence electrons. The molecule has 2 rings (SSSR count). The normalized spacial score (nSPS) is 26.7. The monoisotopic (exact) mass is 364 g/mol. The topological polar surface area (TPSA) is 9.23 Å². The van der Waals surface area contributed by atoms with Gasteiger partial charge in [0.1, 0.15) is 0 Å². The van der Waals surface area contributed by atoms with E-state index in [0.29, 0.717) is 13.8 Å². The Morgan fingerprint density at radius 1 is 1.05 bits per heavy atom. The predicted molar refractivity (Wildman–Crippen MR) is 105 cm³/mol. The van der Waals surface area contributed by atoms with Gasteiger partial charge < -0.3 is 0 Å². The van der Waals surface area contributed by atoms with Crippen molar-refractivity contribution in [2.45, 2.75) is 101 Å². The van der Waals surface area contributed by atoms with Crippen LogP contribution in [-0.4, -0.2) is 27.1 Å². The van der Waals surface area contributed by atoms with Crippen LogP contribution < -0.4 is 0 Å². The summed E-state index contributed by atoms with van der Waals surface area (Å²) in [4.78, 5) is 0. The molecule has 0 aromatic rings. The first kappa shape index (κ1) is 18.7. The van der Waals surface area contributed by atoms with Crippen molar-refractivity contribution in [3.8, 4) is 0 Å². The number of hydrogen-bond acceptors (Lipinski definition) is 1. The second-order valence-corrected chi connectivity index (χ2v) is 19.6. The van der Waals surface area contributed by atoms with Crippen molar-refractivity contribution in [2.75, 3.05) is 0 Å². The van der Waals surface area contributed by atoms with E-state index in [2.05, 4.69) is 38.0 Å². The van der Waals surface area contributed by atoms with Crippen LogP contribution in [0.3, 0.4) is 0 Å². The maximum absolute atomic E-state index is 6.85. The van der Waals surface area contributed by atoms with E-state index in [9.17, 15) is 0 Å². The van der Waals surface area contributed by atoms with Crippen molar-refractivity contribution in [3.05, 3.63) is 9.88 Å². The van der Waals surface area contributed by atoms with E-state index in [4.69, 9.17) is 4.57 Å². The Balaban J connectivity index is 2.17. The Labute approximate surface area is 142 Å². The third kappa shape index (κ3) is 4.26. The molecular weight excluding hydrogens is 326 g/mol. The molecule has 2 fully saturated rings. The molecule has 4 heteroatoms. The van der Waals surface area contributed by atoms with Crippen molar-refractivity contribution >= 4 is 27.1 Å².